The number of benzene rings is 2. The van der Waals surface area contributed by atoms with Gasteiger partial charge in [-0.3, -0.25) is 0 Å². The Labute approximate surface area is 118 Å². The molecule has 0 heterocycles. The summed E-state index contributed by atoms with van der Waals surface area (Å²) in [5.74, 6) is 1.54. The van der Waals surface area contributed by atoms with Gasteiger partial charge in [0.15, 0.2) is 0 Å². The zero-order chi connectivity index (χ0) is 13.7. The Balaban J connectivity index is 2.27. The Morgan fingerprint density at radius 2 is 1.47 bits per heavy atom. The van der Waals surface area contributed by atoms with Gasteiger partial charge in [-0.25, -0.2) is 0 Å². The molecule has 0 saturated heterocycles. The molecular weight excluding hydrogens is 260 g/mol. The van der Waals surface area contributed by atoms with Gasteiger partial charge in [0.2, 0.25) is 0 Å². The van der Waals surface area contributed by atoms with Crippen molar-refractivity contribution in [3.05, 3.63) is 58.6 Å². The SMILES string of the molecule is COc1cc(/C=C/c2cccc(Cl)c2)cc(OC)c1. The Morgan fingerprint density at radius 3 is 2.05 bits per heavy atom. The van der Waals surface area contributed by atoms with Crippen LogP contribution in [0.2, 0.25) is 5.02 Å². The predicted molar refractivity (Wildman–Crippen MR) is 79.9 cm³/mol. The van der Waals surface area contributed by atoms with Crippen LogP contribution in [-0.4, -0.2) is 14.2 Å². The number of hydrogen-bond acceptors (Lipinski definition) is 2. The first-order valence-electron chi connectivity index (χ1n) is 5.88. The van der Waals surface area contributed by atoms with E-state index >= 15 is 0 Å². The molecule has 0 saturated carbocycles. The number of halogens is 1. The van der Waals surface area contributed by atoms with Gasteiger partial charge in [0.05, 0.1) is 14.2 Å². The third-order valence-corrected chi connectivity index (χ3v) is 2.93. The second kappa shape index (κ2) is 6.30. The van der Waals surface area contributed by atoms with Crippen LogP contribution in [0.3, 0.4) is 0 Å². The van der Waals surface area contributed by atoms with Gasteiger partial charge < -0.3 is 9.47 Å². The lowest BCUT2D eigenvalue weighted by Crippen LogP contribution is -1.88. The summed E-state index contributed by atoms with van der Waals surface area (Å²) in [7, 11) is 3.28. The van der Waals surface area contributed by atoms with Crippen LogP contribution in [0.15, 0.2) is 42.5 Å². The lowest BCUT2D eigenvalue weighted by atomic mass is 10.1. The van der Waals surface area contributed by atoms with Gasteiger partial charge >= 0.3 is 0 Å². The largest absolute Gasteiger partial charge is 0.497 e. The van der Waals surface area contributed by atoms with Crippen LogP contribution >= 0.6 is 11.6 Å². The summed E-state index contributed by atoms with van der Waals surface area (Å²) < 4.78 is 10.5. The van der Waals surface area contributed by atoms with Crippen molar-refractivity contribution in [3.8, 4) is 11.5 Å². The maximum atomic E-state index is 5.95. The first-order chi connectivity index (χ1) is 9.21. The third-order valence-electron chi connectivity index (χ3n) is 2.69. The van der Waals surface area contributed by atoms with Gasteiger partial charge in [-0.05, 0) is 35.4 Å². The highest BCUT2D eigenvalue weighted by Gasteiger charge is 1.99. The van der Waals surface area contributed by atoms with E-state index in [4.69, 9.17) is 21.1 Å². The molecule has 0 N–H and O–H groups in total. The molecule has 0 bridgehead atoms. The predicted octanol–water partition coefficient (Wildman–Crippen LogP) is 4.53. The Bertz CT molecular complexity index is 569. The molecule has 0 aromatic heterocycles. The molecule has 2 aromatic carbocycles. The average Bonchev–Trinajstić information content (AvgIpc) is 2.44. The molecule has 0 aliphatic carbocycles. The topological polar surface area (TPSA) is 18.5 Å². The summed E-state index contributed by atoms with van der Waals surface area (Å²) in [4.78, 5) is 0. The highest BCUT2D eigenvalue weighted by atomic mass is 35.5. The van der Waals surface area contributed by atoms with E-state index in [-0.39, 0.29) is 0 Å². The molecular formula is C16H15ClO2. The maximum Gasteiger partial charge on any atom is 0.123 e. The molecule has 0 atom stereocenters. The average molecular weight is 275 g/mol. The molecule has 2 aromatic rings. The molecule has 98 valence electrons. The zero-order valence-corrected chi connectivity index (χ0v) is 11.6. The van der Waals surface area contributed by atoms with E-state index in [0.717, 1.165) is 27.6 Å². The van der Waals surface area contributed by atoms with Gasteiger partial charge in [0.25, 0.3) is 0 Å². The Hall–Kier alpha value is -1.93. The van der Waals surface area contributed by atoms with E-state index in [0.29, 0.717) is 0 Å². The van der Waals surface area contributed by atoms with Crippen molar-refractivity contribution < 1.29 is 9.47 Å². The van der Waals surface area contributed by atoms with Crippen LogP contribution in [0.4, 0.5) is 0 Å². The highest BCUT2D eigenvalue weighted by Crippen LogP contribution is 2.24. The molecule has 0 radical (unpaired) electrons. The monoisotopic (exact) mass is 274 g/mol. The second-order valence-corrected chi connectivity index (χ2v) is 4.47. The summed E-state index contributed by atoms with van der Waals surface area (Å²) in [6, 6.07) is 13.4. The first kappa shape index (κ1) is 13.5. The quantitative estimate of drug-likeness (QED) is 0.763. The molecule has 2 rings (SSSR count). The van der Waals surface area contributed by atoms with Crippen LogP contribution in [0, 0.1) is 0 Å². The van der Waals surface area contributed by atoms with Crippen molar-refractivity contribution in [1.29, 1.82) is 0 Å². The Morgan fingerprint density at radius 1 is 0.842 bits per heavy atom. The number of hydrogen-bond donors (Lipinski definition) is 0. The van der Waals surface area contributed by atoms with Crippen molar-refractivity contribution in [2.24, 2.45) is 0 Å². The fraction of sp³-hybridized carbons (Fsp3) is 0.125. The summed E-state index contributed by atoms with van der Waals surface area (Å²) in [5, 5.41) is 0.727. The van der Waals surface area contributed by atoms with Crippen LogP contribution in [-0.2, 0) is 0 Å². The van der Waals surface area contributed by atoms with E-state index in [2.05, 4.69) is 0 Å². The number of methoxy groups -OCH3 is 2. The third kappa shape index (κ3) is 3.76. The van der Waals surface area contributed by atoms with Gasteiger partial charge in [0.1, 0.15) is 11.5 Å². The lowest BCUT2D eigenvalue weighted by Gasteiger charge is -2.05. The minimum absolute atomic E-state index is 0.727. The van der Waals surface area contributed by atoms with Gasteiger partial charge in [0, 0.05) is 11.1 Å². The van der Waals surface area contributed by atoms with E-state index in [1.807, 2.05) is 54.6 Å². The van der Waals surface area contributed by atoms with Crippen molar-refractivity contribution >= 4 is 23.8 Å². The van der Waals surface area contributed by atoms with Crippen molar-refractivity contribution in [2.75, 3.05) is 14.2 Å². The number of rotatable bonds is 4. The molecule has 3 heteroatoms. The first-order valence-corrected chi connectivity index (χ1v) is 6.26. The molecule has 2 nitrogen and oxygen atoms in total. The fourth-order valence-corrected chi connectivity index (χ4v) is 1.93. The maximum absolute atomic E-state index is 5.95. The fourth-order valence-electron chi connectivity index (χ4n) is 1.73. The molecule has 0 aliphatic rings. The molecule has 19 heavy (non-hydrogen) atoms. The zero-order valence-electron chi connectivity index (χ0n) is 10.9. The minimum Gasteiger partial charge on any atom is -0.497 e. The summed E-state index contributed by atoms with van der Waals surface area (Å²) >= 11 is 5.95. The van der Waals surface area contributed by atoms with E-state index in [1.165, 1.54) is 0 Å². The molecule has 0 amide bonds. The van der Waals surface area contributed by atoms with Crippen LogP contribution in [0.1, 0.15) is 11.1 Å². The van der Waals surface area contributed by atoms with Gasteiger partial charge in [-0.1, -0.05) is 35.9 Å². The minimum atomic E-state index is 0.727. The molecule has 0 unspecified atom stereocenters. The summed E-state index contributed by atoms with van der Waals surface area (Å²) in [6.45, 7) is 0. The van der Waals surface area contributed by atoms with Crippen molar-refractivity contribution in [1.82, 2.24) is 0 Å². The standard InChI is InChI=1S/C16H15ClO2/c1-18-15-9-13(10-16(11-15)19-2)7-6-12-4-3-5-14(17)8-12/h3-11H,1-2H3/b7-6+. The number of ether oxygens (including phenoxy) is 2. The van der Waals surface area contributed by atoms with Gasteiger partial charge in [-0.2, -0.15) is 0 Å². The smallest absolute Gasteiger partial charge is 0.123 e. The van der Waals surface area contributed by atoms with Gasteiger partial charge in [-0.15, -0.1) is 0 Å². The normalized spacial score (nSPS) is 10.7. The second-order valence-electron chi connectivity index (χ2n) is 4.03. The lowest BCUT2D eigenvalue weighted by molar-refractivity contribution is 0.394. The molecule has 0 aliphatic heterocycles. The van der Waals surface area contributed by atoms with Crippen molar-refractivity contribution in [3.63, 3.8) is 0 Å². The molecule has 0 spiro atoms. The summed E-state index contributed by atoms with van der Waals surface area (Å²) in [5.41, 5.74) is 2.06. The molecule has 0 fully saturated rings. The highest BCUT2D eigenvalue weighted by molar-refractivity contribution is 6.30. The summed E-state index contributed by atoms with van der Waals surface area (Å²) in [6.07, 6.45) is 4.00. The van der Waals surface area contributed by atoms with E-state index in [1.54, 1.807) is 14.2 Å². The van der Waals surface area contributed by atoms with Crippen LogP contribution in [0.5, 0.6) is 11.5 Å². The van der Waals surface area contributed by atoms with E-state index < -0.39 is 0 Å². The Kier molecular flexibility index (Phi) is 4.48. The van der Waals surface area contributed by atoms with E-state index in [9.17, 15) is 0 Å². The van der Waals surface area contributed by atoms with Crippen LogP contribution < -0.4 is 9.47 Å². The van der Waals surface area contributed by atoms with Crippen molar-refractivity contribution in [2.45, 2.75) is 0 Å². The van der Waals surface area contributed by atoms with Crippen LogP contribution in [0.25, 0.3) is 12.2 Å².